The van der Waals surface area contributed by atoms with Gasteiger partial charge in [-0.3, -0.25) is 4.79 Å². The van der Waals surface area contributed by atoms with Gasteiger partial charge in [0, 0.05) is 29.0 Å². The van der Waals surface area contributed by atoms with E-state index >= 15 is 0 Å². The number of amides is 1. The Hall–Kier alpha value is -4.30. The number of nitrogens with zero attached hydrogens (tertiary/aromatic N) is 1. The number of ether oxygens (including phenoxy) is 3. The Morgan fingerprint density at radius 3 is 2.67 bits per heavy atom. The predicted octanol–water partition coefficient (Wildman–Crippen LogP) is 6.76. The number of benzene rings is 3. The lowest BCUT2D eigenvalue weighted by Crippen LogP contribution is -2.18. The molecule has 4 aromatic rings. The van der Waals surface area contributed by atoms with Crippen molar-refractivity contribution in [3.63, 3.8) is 0 Å². The van der Waals surface area contributed by atoms with Gasteiger partial charge >= 0.3 is 6.16 Å². The summed E-state index contributed by atoms with van der Waals surface area (Å²) in [7, 11) is 0. The fraction of sp³-hybridized carbons (Fsp3) is 0.148. The van der Waals surface area contributed by atoms with Crippen LogP contribution in [0, 0.1) is 6.92 Å². The van der Waals surface area contributed by atoms with Crippen LogP contribution in [0.2, 0.25) is 5.02 Å². The summed E-state index contributed by atoms with van der Waals surface area (Å²) in [5.74, 6) is 1.42. The molecular formula is C27H21ClN2O6. The summed E-state index contributed by atoms with van der Waals surface area (Å²) in [5.41, 5.74) is 2.81. The normalized spacial score (nSPS) is 14.4. The molecule has 1 atom stereocenters. The third kappa shape index (κ3) is 4.89. The average molecular weight is 505 g/mol. The van der Waals surface area contributed by atoms with Gasteiger partial charge in [0.1, 0.15) is 29.2 Å². The first kappa shape index (κ1) is 23.4. The van der Waals surface area contributed by atoms with Crippen molar-refractivity contribution in [3.8, 4) is 17.2 Å². The second kappa shape index (κ2) is 9.75. The van der Waals surface area contributed by atoms with Crippen molar-refractivity contribution in [2.24, 2.45) is 0 Å². The quantitative estimate of drug-likeness (QED) is 0.289. The van der Waals surface area contributed by atoms with Crippen LogP contribution in [0.5, 0.6) is 17.2 Å². The number of halogens is 1. The molecule has 8 nitrogen and oxygen atoms in total. The number of carbonyl (C=O) groups excluding carboxylic acids is 1. The first-order valence-electron chi connectivity index (χ1n) is 11.2. The largest absolute Gasteiger partial charge is 0.506 e. The second-order valence-corrected chi connectivity index (χ2v) is 8.66. The van der Waals surface area contributed by atoms with Gasteiger partial charge in [0.15, 0.2) is 0 Å². The number of carboxylic acid groups (broad SMARTS) is 1. The summed E-state index contributed by atoms with van der Waals surface area (Å²) in [4.78, 5) is 28.2. The van der Waals surface area contributed by atoms with E-state index in [0.717, 1.165) is 16.5 Å². The molecule has 1 unspecified atom stereocenters. The van der Waals surface area contributed by atoms with Gasteiger partial charge in [0.2, 0.25) is 0 Å². The van der Waals surface area contributed by atoms with Crippen LogP contribution in [-0.2, 0) is 4.74 Å². The SMILES string of the molecule is Cc1cc(NC(=O)c2ccc(Oc3cc4c(cc3Cl)C(OC(=O)O)CCO4)cc2)nc2ccccc12. The zero-order valence-corrected chi connectivity index (χ0v) is 19.9. The molecule has 0 bridgehead atoms. The number of nitrogens with one attached hydrogen (secondary N) is 1. The molecule has 182 valence electrons. The molecule has 3 aromatic carbocycles. The number of aryl methyl sites for hydroxylation is 1. The fourth-order valence-corrected chi connectivity index (χ4v) is 4.29. The molecular weight excluding hydrogens is 484 g/mol. The van der Waals surface area contributed by atoms with Crippen LogP contribution in [0.15, 0.2) is 66.7 Å². The van der Waals surface area contributed by atoms with Gasteiger partial charge in [0.05, 0.1) is 17.1 Å². The Bertz CT molecular complexity index is 1470. The average Bonchev–Trinajstić information content (AvgIpc) is 2.85. The Kier molecular flexibility index (Phi) is 6.35. The van der Waals surface area contributed by atoms with E-state index in [1.807, 2.05) is 37.3 Å². The molecule has 0 spiro atoms. The number of fused-ring (bicyclic) bond motifs is 2. The minimum Gasteiger partial charge on any atom is -0.493 e. The minimum absolute atomic E-state index is 0.276. The molecule has 0 aliphatic carbocycles. The van der Waals surface area contributed by atoms with Crippen LogP contribution in [0.1, 0.15) is 34.0 Å². The van der Waals surface area contributed by atoms with E-state index in [4.69, 9.17) is 30.9 Å². The highest BCUT2D eigenvalue weighted by atomic mass is 35.5. The van der Waals surface area contributed by atoms with Crippen LogP contribution < -0.4 is 14.8 Å². The Morgan fingerprint density at radius 1 is 1.11 bits per heavy atom. The van der Waals surface area contributed by atoms with Gasteiger partial charge in [-0.1, -0.05) is 29.8 Å². The number of rotatable bonds is 5. The molecule has 0 saturated heterocycles. The van der Waals surface area contributed by atoms with Crippen LogP contribution in [0.25, 0.3) is 10.9 Å². The van der Waals surface area contributed by atoms with Crippen molar-refractivity contribution in [1.29, 1.82) is 0 Å². The maximum atomic E-state index is 12.8. The van der Waals surface area contributed by atoms with Crippen molar-refractivity contribution in [2.75, 3.05) is 11.9 Å². The standard InChI is InChI=1S/C27H21ClN2O6/c1-15-12-25(29-21-5-3-2-4-18(15)21)30-26(31)16-6-8-17(9-7-16)35-24-14-23-19(13-20(24)28)22(10-11-34-23)36-27(32)33/h2-9,12-14,22H,10-11H2,1H3,(H,32,33)(H,29,30,31). The molecule has 1 aromatic heterocycles. The van der Waals surface area contributed by atoms with Crippen molar-refractivity contribution in [2.45, 2.75) is 19.4 Å². The molecule has 1 aliphatic rings. The first-order valence-corrected chi connectivity index (χ1v) is 11.6. The lowest BCUT2D eigenvalue weighted by atomic mass is 10.0. The second-order valence-electron chi connectivity index (χ2n) is 8.25. The minimum atomic E-state index is -1.36. The summed E-state index contributed by atoms with van der Waals surface area (Å²) in [6, 6.07) is 19.4. The highest BCUT2D eigenvalue weighted by Crippen LogP contribution is 2.42. The Labute approximate surface area is 211 Å². The number of anilines is 1. The molecule has 0 saturated carbocycles. The molecule has 9 heteroatoms. The van der Waals surface area contributed by atoms with Crippen LogP contribution in [-0.4, -0.2) is 28.8 Å². The zero-order valence-electron chi connectivity index (χ0n) is 19.2. The molecule has 1 amide bonds. The van der Waals surface area contributed by atoms with E-state index in [0.29, 0.717) is 47.2 Å². The number of pyridine rings is 1. The number of hydrogen-bond donors (Lipinski definition) is 2. The van der Waals surface area contributed by atoms with E-state index in [2.05, 4.69) is 10.3 Å². The fourth-order valence-electron chi connectivity index (χ4n) is 4.08. The maximum absolute atomic E-state index is 12.8. The van der Waals surface area contributed by atoms with Crippen molar-refractivity contribution in [3.05, 3.63) is 88.4 Å². The van der Waals surface area contributed by atoms with E-state index in [1.165, 1.54) is 0 Å². The van der Waals surface area contributed by atoms with Crippen molar-refractivity contribution in [1.82, 2.24) is 4.98 Å². The molecule has 5 rings (SSSR count). The first-order chi connectivity index (χ1) is 17.4. The smallest absolute Gasteiger partial charge is 0.493 e. The highest BCUT2D eigenvalue weighted by Gasteiger charge is 2.27. The van der Waals surface area contributed by atoms with Crippen LogP contribution in [0.4, 0.5) is 10.6 Å². The van der Waals surface area contributed by atoms with Gasteiger partial charge in [-0.25, -0.2) is 9.78 Å². The maximum Gasteiger partial charge on any atom is 0.506 e. The van der Waals surface area contributed by atoms with E-state index in [-0.39, 0.29) is 10.9 Å². The lowest BCUT2D eigenvalue weighted by Gasteiger charge is -2.25. The monoisotopic (exact) mass is 504 g/mol. The van der Waals surface area contributed by atoms with Gasteiger partial charge in [-0.05, 0) is 55.0 Å². The van der Waals surface area contributed by atoms with Gasteiger partial charge in [0.25, 0.3) is 5.91 Å². The predicted molar refractivity (Wildman–Crippen MR) is 134 cm³/mol. The summed E-state index contributed by atoms with van der Waals surface area (Å²) in [5, 5.41) is 13.1. The topological polar surface area (TPSA) is 107 Å². The summed E-state index contributed by atoms with van der Waals surface area (Å²) in [6.07, 6.45) is -1.62. The summed E-state index contributed by atoms with van der Waals surface area (Å²) in [6.45, 7) is 2.28. The number of aromatic nitrogens is 1. The van der Waals surface area contributed by atoms with E-state index < -0.39 is 12.3 Å². The number of carbonyl (C=O) groups is 2. The molecule has 0 fully saturated rings. The van der Waals surface area contributed by atoms with Gasteiger partial charge in [-0.15, -0.1) is 0 Å². The van der Waals surface area contributed by atoms with E-state index in [1.54, 1.807) is 36.4 Å². The lowest BCUT2D eigenvalue weighted by molar-refractivity contribution is 0.0326. The Balaban J connectivity index is 1.30. The summed E-state index contributed by atoms with van der Waals surface area (Å²) < 4.78 is 16.5. The third-order valence-corrected chi connectivity index (χ3v) is 6.10. The number of para-hydroxylation sites is 1. The van der Waals surface area contributed by atoms with Crippen LogP contribution in [0.3, 0.4) is 0 Å². The van der Waals surface area contributed by atoms with E-state index in [9.17, 15) is 9.59 Å². The Morgan fingerprint density at radius 2 is 1.89 bits per heavy atom. The number of hydrogen-bond acceptors (Lipinski definition) is 6. The molecule has 2 heterocycles. The third-order valence-electron chi connectivity index (χ3n) is 5.80. The van der Waals surface area contributed by atoms with Gasteiger partial charge in [-0.2, -0.15) is 0 Å². The molecule has 0 radical (unpaired) electrons. The molecule has 36 heavy (non-hydrogen) atoms. The zero-order chi connectivity index (χ0) is 25.2. The molecule has 2 N–H and O–H groups in total. The van der Waals surface area contributed by atoms with Crippen molar-refractivity contribution >= 4 is 40.4 Å². The highest BCUT2D eigenvalue weighted by molar-refractivity contribution is 6.32. The van der Waals surface area contributed by atoms with Crippen molar-refractivity contribution < 1.29 is 28.9 Å². The van der Waals surface area contributed by atoms with Gasteiger partial charge < -0.3 is 24.6 Å². The summed E-state index contributed by atoms with van der Waals surface area (Å²) >= 11 is 6.38. The molecule has 1 aliphatic heterocycles. The van der Waals surface area contributed by atoms with Crippen LogP contribution >= 0.6 is 11.6 Å².